The van der Waals surface area contributed by atoms with Crippen molar-refractivity contribution < 1.29 is 33.4 Å². The molecule has 15 nitrogen and oxygen atoms in total. The highest BCUT2D eigenvalue weighted by Gasteiger charge is 2.31. The lowest BCUT2D eigenvalue weighted by atomic mass is 10.00. The van der Waals surface area contributed by atoms with Crippen LogP contribution < -0.4 is 36.5 Å². The molecule has 2 aliphatic rings. The number of hydrogen-bond acceptors (Lipinski definition) is 9. The van der Waals surface area contributed by atoms with Gasteiger partial charge in [-0.2, -0.15) is 5.10 Å². The van der Waals surface area contributed by atoms with Crippen LogP contribution >= 0.6 is 0 Å². The van der Waals surface area contributed by atoms with E-state index >= 15 is 0 Å². The summed E-state index contributed by atoms with van der Waals surface area (Å²) in [7, 11) is 0. The molecule has 5 amide bonds. The summed E-state index contributed by atoms with van der Waals surface area (Å²) in [5.74, 6) is -1.48. The number of nitrogens with two attached hydrogens (primary N) is 1. The van der Waals surface area contributed by atoms with E-state index < -0.39 is 41.8 Å². The van der Waals surface area contributed by atoms with Crippen LogP contribution in [0.5, 0.6) is 11.5 Å². The van der Waals surface area contributed by atoms with E-state index in [0.717, 1.165) is 5.56 Å². The molecule has 0 aliphatic carbocycles. The maximum atomic E-state index is 14.0. The van der Waals surface area contributed by atoms with E-state index in [1.54, 1.807) is 63.2 Å². The summed E-state index contributed by atoms with van der Waals surface area (Å²) in [6, 6.07) is 19.5. The SMILES string of the molecule is CC(C)[C@H]1NC(=O)[C@@H](NC(=O)c2cccc(OCC(N)=O)c2)Cc2ccc(cc2)OCCNC(=O)Cn2nc(-c3ccccc3)nc2[C@H](C)NC1=O. The molecule has 3 heterocycles. The number of carbonyl (C=O) groups excluding carboxylic acids is 5. The quantitative estimate of drug-likeness (QED) is 0.189. The van der Waals surface area contributed by atoms with Gasteiger partial charge < -0.3 is 36.5 Å². The van der Waals surface area contributed by atoms with E-state index in [-0.39, 0.29) is 55.9 Å². The van der Waals surface area contributed by atoms with Crippen LogP contribution in [0.1, 0.15) is 48.6 Å². The Labute approximate surface area is 300 Å². The zero-order valence-corrected chi connectivity index (χ0v) is 29.1. The third-order valence-corrected chi connectivity index (χ3v) is 8.17. The number of benzene rings is 3. The number of primary amides is 1. The second kappa shape index (κ2) is 17.1. The van der Waals surface area contributed by atoms with Gasteiger partial charge in [0, 0.05) is 17.5 Å². The van der Waals surface area contributed by atoms with Gasteiger partial charge in [0.15, 0.2) is 12.4 Å². The summed E-state index contributed by atoms with van der Waals surface area (Å²) in [5, 5.41) is 16.0. The number of ether oxygens (including phenoxy) is 2. The predicted octanol–water partition coefficient (Wildman–Crippen LogP) is 1.68. The standard InChI is InChI=1S/C37H42N8O7/c1-22(2)32-37(50)40-23(3)34-43-33(25-8-5-4-6-9-25)44-45(34)20-31(47)39-16-17-51-27-14-12-24(13-15-27)18-29(36(49)42-32)41-35(48)26-10-7-11-28(19-26)52-21-30(38)46/h4-15,19,22-23,29,32H,16-18,20-21H2,1-3H3,(H2,38,46)(H,39,47)(H,40,50)(H,41,48)(H,42,49)/t23-,29-,32+/m0/s1. The van der Waals surface area contributed by atoms with Crippen molar-refractivity contribution in [3.8, 4) is 22.9 Å². The number of hydrogen-bond donors (Lipinski definition) is 5. The summed E-state index contributed by atoms with van der Waals surface area (Å²) >= 11 is 0. The van der Waals surface area contributed by atoms with Gasteiger partial charge in [-0.25, -0.2) is 9.67 Å². The number of rotatable bonds is 7. The summed E-state index contributed by atoms with van der Waals surface area (Å²) in [5.41, 5.74) is 6.81. The van der Waals surface area contributed by atoms with Gasteiger partial charge in [0.25, 0.3) is 11.8 Å². The first-order valence-corrected chi connectivity index (χ1v) is 16.9. The maximum Gasteiger partial charge on any atom is 0.255 e. The molecule has 6 N–H and O–H groups in total. The molecule has 0 saturated heterocycles. The van der Waals surface area contributed by atoms with Crippen LogP contribution in [0.2, 0.25) is 0 Å². The Morgan fingerprint density at radius 3 is 2.46 bits per heavy atom. The van der Waals surface area contributed by atoms with E-state index in [9.17, 15) is 24.0 Å². The zero-order chi connectivity index (χ0) is 37.2. The Morgan fingerprint density at radius 2 is 1.75 bits per heavy atom. The van der Waals surface area contributed by atoms with Crippen LogP contribution in [0, 0.1) is 5.92 Å². The first-order chi connectivity index (χ1) is 25.0. The second-order valence-corrected chi connectivity index (χ2v) is 12.6. The molecule has 3 atom stereocenters. The van der Waals surface area contributed by atoms with Crippen molar-refractivity contribution >= 4 is 29.5 Å². The molecule has 0 fully saturated rings. The highest BCUT2D eigenvalue weighted by molar-refractivity contribution is 5.98. The van der Waals surface area contributed by atoms with Crippen molar-refractivity contribution in [2.45, 2.75) is 51.9 Å². The number of nitrogens with one attached hydrogen (secondary N) is 4. The van der Waals surface area contributed by atoms with Crippen LogP contribution in [0.15, 0.2) is 78.9 Å². The lowest BCUT2D eigenvalue weighted by Crippen LogP contribution is -2.56. The van der Waals surface area contributed by atoms with Gasteiger partial charge in [-0.3, -0.25) is 24.0 Å². The Balaban J connectivity index is 1.43. The minimum Gasteiger partial charge on any atom is -0.492 e. The molecule has 4 aromatic rings. The van der Waals surface area contributed by atoms with Crippen LogP contribution in [0.3, 0.4) is 0 Å². The van der Waals surface area contributed by atoms with E-state index in [0.29, 0.717) is 23.0 Å². The number of aromatic nitrogens is 3. The van der Waals surface area contributed by atoms with Crippen molar-refractivity contribution in [2.75, 3.05) is 19.8 Å². The zero-order valence-electron chi connectivity index (χ0n) is 29.1. The minimum atomic E-state index is -1.10. The molecular formula is C37H42N8O7. The molecule has 0 spiro atoms. The van der Waals surface area contributed by atoms with Crippen molar-refractivity contribution in [3.63, 3.8) is 0 Å². The normalized spacial score (nSPS) is 18.6. The molecule has 0 unspecified atom stereocenters. The number of carbonyl (C=O) groups is 5. The molecule has 2 bridgehead atoms. The summed E-state index contributed by atoms with van der Waals surface area (Å²) in [6.45, 7) is 5.19. The molecule has 0 radical (unpaired) electrons. The summed E-state index contributed by atoms with van der Waals surface area (Å²) in [6.07, 6.45) is 0.0833. The van der Waals surface area contributed by atoms with Gasteiger partial charge in [0.1, 0.15) is 42.6 Å². The molecule has 2 aliphatic heterocycles. The third-order valence-electron chi connectivity index (χ3n) is 8.17. The average molecular weight is 711 g/mol. The molecular weight excluding hydrogens is 668 g/mol. The monoisotopic (exact) mass is 710 g/mol. The Hall–Kier alpha value is -6.25. The van der Waals surface area contributed by atoms with Crippen molar-refractivity contribution in [1.29, 1.82) is 0 Å². The van der Waals surface area contributed by atoms with E-state index in [1.807, 2.05) is 30.3 Å². The van der Waals surface area contributed by atoms with Crippen LogP contribution in [-0.4, -0.2) is 76.1 Å². The predicted molar refractivity (Wildman–Crippen MR) is 190 cm³/mol. The summed E-state index contributed by atoms with van der Waals surface area (Å²) in [4.78, 5) is 70.1. The molecule has 1 aromatic heterocycles. The Morgan fingerprint density at radius 1 is 1.00 bits per heavy atom. The topological polar surface area (TPSA) is 209 Å². The Kier molecular flexibility index (Phi) is 12.2. The average Bonchev–Trinajstić information content (AvgIpc) is 3.55. The van der Waals surface area contributed by atoms with Gasteiger partial charge in [-0.05, 0) is 48.7 Å². The highest BCUT2D eigenvalue weighted by atomic mass is 16.5. The number of nitrogens with zero attached hydrogens (tertiary/aromatic N) is 3. The van der Waals surface area contributed by atoms with Crippen LogP contribution in [-0.2, 0) is 32.1 Å². The van der Waals surface area contributed by atoms with E-state index in [2.05, 4.69) is 31.3 Å². The number of fused-ring (bicyclic) bond motifs is 14. The molecule has 52 heavy (non-hydrogen) atoms. The molecule has 15 heteroatoms. The van der Waals surface area contributed by atoms with Gasteiger partial charge in [0.05, 0.1) is 12.6 Å². The van der Waals surface area contributed by atoms with Crippen molar-refractivity contribution in [1.82, 2.24) is 36.0 Å². The first kappa shape index (κ1) is 37.0. The lowest BCUT2D eigenvalue weighted by molar-refractivity contribution is -0.131. The minimum absolute atomic E-state index is 0.0833. The fraction of sp³-hybridized carbons (Fsp3) is 0.324. The van der Waals surface area contributed by atoms with Crippen molar-refractivity contribution in [2.24, 2.45) is 11.7 Å². The largest absolute Gasteiger partial charge is 0.492 e. The van der Waals surface area contributed by atoms with Crippen LogP contribution in [0.4, 0.5) is 0 Å². The molecule has 272 valence electrons. The fourth-order valence-electron chi connectivity index (χ4n) is 5.50. The lowest BCUT2D eigenvalue weighted by Gasteiger charge is -2.27. The fourth-order valence-corrected chi connectivity index (χ4v) is 5.50. The summed E-state index contributed by atoms with van der Waals surface area (Å²) < 4.78 is 12.6. The highest BCUT2D eigenvalue weighted by Crippen LogP contribution is 2.20. The first-order valence-electron chi connectivity index (χ1n) is 16.9. The molecule has 6 rings (SSSR count). The van der Waals surface area contributed by atoms with Gasteiger partial charge >= 0.3 is 0 Å². The molecule has 0 saturated carbocycles. The van der Waals surface area contributed by atoms with Gasteiger partial charge in [0.2, 0.25) is 17.7 Å². The number of amides is 5. The van der Waals surface area contributed by atoms with Crippen molar-refractivity contribution in [3.05, 3.63) is 95.8 Å². The van der Waals surface area contributed by atoms with Crippen LogP contribution in [0.25, 0.3) is 11.4 Å². The van der Waals surface area contributed by atoms with E-state index in [1.165, 1.54) is 10.7 Å². The third kappa shape index (κ3) is 9.93. The smallest absolute Gasteiger partial charge is 0.255 e. The maximum absolute atomic E-state index is 14.0. The molecule has 3 aromatic carbocycles. The van der Waals surface area contributed by atoms with E-state index in [4.69, 9.17) is 15.2 Å². The Bertz CT molecular complexity index is 1900. The van der Waals surface area contributed by atoms with Gasteiger partial charge in [-0.1, -0.05) is 62.4 Å². The second-order valence-electron chi connectivity index (χ2n) is 12.6. The van der Waals surface area contributed by atoms with Gasteiger partial charge in [-0.15, -0.1) is 0 Å².